The van der Waals surface area contributed by atoms with Crippen molar-refractivity contribution in [2.24, 2.45) is 0 Å². The molecule has 1 rings (SSSR count). The zero-order chi connectivity index (χ0) is 9.41. The molecule has 68 valence electrons. The highest BCUT2D eigenvalue weighted by molar-refractivity contribution is 5.03. The van der Waals surface area contributed by atoms with E-state index in [9.17, 15) is 13.2 Å². The average molecular weight is 180 g/mol. The average Bonchev–Trinajstić information content (AvgIpc) is 2.34. The molecule has 1 aromatic rings. The van der Waals surface area contributed by atoms with Crippen LogP contribution in [0.2, 0.25) is 0 Å². The number of rotatable bonds is 1. The van der Waals surface area contributed by atoms with E-state index in [1.165, 1.54) is 6.20 Å². The Bertz CT molecular complexity index is 252. The normalized spacial score (nSPS) is 17.4. The maximum Gasteiger partial charge on any atom is 0.424 e. The predicted molar refractivity (Wildman–Crippen MR) is 34.2 cm³/mol. The van der Waals surface area contributed by atoms with E-state index < -0.39 is 17.6 Å². The van der Waals surface area contributed by atoms with Gasteiger partial charge in [-0.1, -0.05) is 0 Å². The minimum Gasteiger partial charge on any atom is -0.374 e. The first-order chi connectivity index (χ1) is 5.36. The fourth-order valence-corrected chi connectivity index (χ4v) is 0.666. The highest BCUT2D eigenvalue weighted by Gasteiger charge is 2.53. The van der Waals surface area contributed by atoms with Crippen molar-refractivity contribution in [3.8, 4) is 0 Å². The molecule has 12 heavy (non-hydrogen) atoms. The number of aliphatic hydroxyl groups is 1. The van der Waals surface area contributed by atoms with Gasteiger partial charge in [0.15, 0.2) is 0 Å². The van der Waals surface area contributed by atoms with Gasteiger partial charge in [0, 0.05) is 12.4 Å². The largest absolute Gasteiger partial charge is 0.424 e. The van der Waals surface area contributed by atoms with E-state index in [0.717, 1.165) is 6.20 Å². The van der Waals surface area contributed by atoms with Crippen LogP contribution >= 0.6 is 0 Å². The topological polar surface area (TPSA) is 48.9 Å². The van der Waals surface area contributed by atoms with Gasteiger partial charge in [-0.15, -0.1) is 0 Å². The van der Waals surface area contributed by atoms with Gasteiger partial charge >= 0.3 is 6.18 Å². The van der Waals surface area contributed by atoms with Gasteiger partial charge in [-0.3, -0.25) is 0 Å². The fourth-order valence-electron chi connectivity index (χ4n) is 0.666. The minimum absolute atomic E-state index is 0.505. The van der Waals surface area contributed by atoms with Gasteiger partial charge in [-0.25, -0.2) is 4.98 Å². The second-order valence-corrected chi connectivity index (χ2v) is 2.51. The van der Waals surface area contributed by atoms with Crippen LogP contribution in [0.15, 0.2) is 12.4 Å². The first-order valence-corrected chi connectivity index (χ1v) is 3.14. The zero-order valence-corrected chi connectivity index (χ0v) is 6.18. The zero-order valence-electron chi connectivity index (χ0n) is 6.18. The molecular formula is C6H7F3N2O. The summed E-state index contributed by atoms with van der Waals surface area (Å²) in [5, 5.41) is 8.99. The van der Waals surface area contributed by atoms with Crippen molar-refractivity contribution in [3.63, 3.8) is 0 Å². The summed E-state index contributed by atoms with van der Waals surface area (Å²) in [7, 11) is 0. The first kappa shape index (κ1) is 9.05. The van der Waals surface area contributed by atoms with Crippen molar-refractivity contribution < 1.29 is 18.3 Å². The van der Waals surface area contributed by atoms with Crippen LogP contribution in [0.4, 0.5) is 13.2 Å². The summed E-state index contributed by atoms with van der Waals surface area (Å²) in [6.45, 7) is 0.645. The molecule has 3 nitrogen and oxygen atoms in total. The van der Waals surface area contributed by atoms with E-state index in [4.69, 9.17) is 5.11 Å². The van der Waals surface area contributed by atoms with Crippen LogP contribution < -0.4 is 0 Å². The predicted octanol–water partition coefficient (Wildman–Crippen LogP) is 1.18. The summed E-state index contributed by atoms with van der Waals surface area (Å²) in [5.41, 5.74) is -2.91. The van der Waals surface area contributed by atoms with Crippen molar-refractivity contribution in [2.75, 3.05) is 0 Å². The van der Waals surface area contributed by atoms with Crippen LogP contribution in [0.3, 0.4) is 0 Å². The molecule has 0 radical (unpaired) electrons. The second kappa shape index (κ2) is 2.48. The van der Waals surface area contributed by atoms with Crippen LogP contribution in [0.5, 0.6) is 0 Å². The van der Waals surface area contributed by atoms with E-state index in [0.29, 0.717) is 6.92 Å². The van der Waals surface area contributed by atoms with E-state index >= 15 is 0 Å². The second-order valence-electron chi connectivity index (χ2n) is 2.51. The summed E-state index contributed by atoms with van der Waals surface area (Å²) >= 11 is 0. The molecule has 0 aliphatic rings. The van der Waals surface area contributed by atoms with Crippen molar-refractivity contribution in [1.82, 2.24) is 9.97 Å². The van der Waals surface area contributed by atoms with Gasteiger partial charge in [0.25, 0.3) is 0 Å². The Labute approximate surface area is 66.2 Å². The lowest BCUT2D eigenvalue weighted by Crippen LogP contribution is -2.40. The van der Waals surface area contributed by atoms with Gasteiger partial charge in [0.2, 0.25) is 5.60 Å². The lowest BCUT2D eigenvalue weighted by atomic mass is 10.1. The number of aromatic nitrogens is 2. The molecule has 1 aromatic heterocycles. The van der Waals surface area contributed by atoms with E-state index in [-0.39, 0.29) is 0 Å². The summed E-state index contributed by atoms with van der Waals surface area (Å²) in [6, 6.07) is 0. The third kappa shape index (κ3) is 1.29. The molecule has 1 unspecified atom stereocenters. The number of aromatic amines is 1. The standard InChI is InChI=1S/C6H7F3N2O/c1-5(12,6(7,8)9)4-10-2-3-11-4/h2-3,12H,1H3,(H,10,11). The highest BCUT2D eigenvalue weighted by Crippen LogP contribution is 2.36. The van der Waals surface area contributed by atoms with Crippen molar-refractivity contribution in [1.29, 1.82) is 0 Å². The third-order valence-electron chi connectivity index (χ3n) is 1.51. The Hall–Kier alpha value is -1.04. The number of H-pyrrole nitrogens is 1. The molecule has 2 N–H and O–H groups in total. The number of halogens is 3. The lowest BCUT2D eigenvalue weighted by Gasteiger charge is -2.23. The molecule has 0 saturated carbocycles. The summed E-state index contributed by atoms with van der Waals surface area (Å²) < 4.78 is 36.3. The van der Waals surface area contributed by atoms with E-state index in [1.54, 1.807) is 0 Å². The van der Waals surface area contributed by atoms with Crippen LogP contribution in [0.1, 0.15) is 12.7 Å². The van der Waals surface area contributed by atoms with Crippen molar-refractivity contribution in [3.05, 3.63) is 18.2 Å². The Morgan fingerprint density at radius 3 is 2.42 bits per heavy atom. The molecular weight excluding hydrogens is 173 g/mol. The SMILES string of the molecule is CC(O)(c1ncc[nH]1)C(F)(F)F. The van der Waals surface area contributed by atoms with Gasteiger partial charge in [-0.2, -0.15) is 13.2 Å². The molecule has 0 aliphatic heterocycles. The van der Waals surface area contributed by atoms with Crippen LogP contribution in [0, 0.1) is 0 Å². The van der Waals surface area contributed by atoms with Crippen molar-refractivity contribution in [2.45, 2.75) is 18.7 Å². The van der Waals surface area contributed by atoms with E-state index in [1.807, 2.05) is 0 Å². The monoisotopic (exact) mass is 180 g/mol. The minimum atomic E-state index is -4.72. The molecule has 0 spiro atoms. The number of nitrogens with one attached hydrogen (secondary N) is 1. The number of hydrogen-bond donors (Lipinski definition) is 2. The maximum absolute atomic E-state index is 12.1. The summed E-state index contributed by atoms with van der Waals surface area (Å²) in [4.78, 5) is 5.53. The summed E-state index contributed by atoms with van der Waals surface area (Å²) in [5.74, 6) is -0.505. The number of hydrogen-bond acceptors (Lipinski definition) is 2. The Balaban J connectivity index is 3.02. The number of alkyl halides is 3. The molecule has 0 aliphatic carbocycles. The maximum atomic E-state index is 12.1. The molecule has 0 fully saturated rings. The Morgan fingerprint density at radius 2 is 2.08 bits per heavy atom. The van der Waals surface area contributed by atoms with Gasteiger partial charge in [0.1, 0.15) is 5.82 Å². The van der Waals surface area contributed by atoms with Crippen molar-refractivity contribution >= 4 is 0 Å². The smallest absolute Gasteiger partial charge is 0.374 e. The van der Waals surface area contributed by atoms with Crippen LogP contribution in [-0.4, -0.2) is 21.3 Å². The molecule has 1 heterocycles. The number of imidazole rings is 1. The van der Waals surface area contributed by atoms with Crippen LogP contribution in [-0.2, 0) is 5.60 Å². The molecule has 0 bridgehead atoms. The summed E-state index contributed by atoms with van der Waals surface area (Å²) in [6.07, 6.45) is -2.35. The van der Waals surface area contributed by atoms with Gasteiger partial charge in [-0.05, 0) is 6.92 Å². The molecule has 0 aromatic carbocycles. The third-order valence-corrected chi connectivity index (χ3v) is 1.51. The van der Waals surface area contributed by atoms with Gasteiger partial charge in [0.05, 0.1) is 0 Å². The van der Waals surface area contributed by atoms with Gasteiger partial charge < -0.3 is 10.1 Å². The first-order valence-electron chi connectivity index (χ1n) is 3.14. The quantitative estimate of drug-likeness (QED) is 0.681. The highest BCUT2D eigenvalue weighted by atomic mass is 19.4. The fraction of sp³-hybridized carbons (Fsp3) is 0.500. The Morgan fingerprint density at radius 1 is 1.50 bits per heavy atom. The lowest BCUT2D eigenvalue weighted by molar-refractivity contribution is -0.261. The van der Waals surface area contributed by atoms with E-state index in [2.05, 4.69) is 9.97 Å². The molecule has 0 saturated heterocycles. The van der Waals surface area contributed by atoms with Crippen LogP contribution in [0.25, 0.3) is 0 Å². The number of nitrogens with zero attached hydrogens (tertiary/aromatic N) is 1. The molecule has 1 atom stereocenters. The Kier molecular flexibility index (Phi) is 1.87. The molecule has 0 amide bonds. The molecule has 6 heteroatoms.